The average Bonchev–Trinajstić information content (AvgIpc) is 3.78. The van der Waals surface area contributed by atoms with Crippen molar-refractivity contribution in [1.82, 2.24) is 5.32 Å². The van der Waals surface area contributed by atoms with E-state index in [9.17, 15) is 19.8 Å². The number of carbonyl (C=O) groups is 2. The Hall–Kier alpha value is -1.92. The van der Waals surface area contributed by atoms with Gasteiger partial charge in [-0.2, -0.15) is 0 Å². The van der Waals surface area contributed by atoms with E-state index in [1.165, 1.54) is 411 Å². The third kappa shape index (κ3) is 79.0. The number of nitrogens with one attached hydrogen (secondary N) is 1. The standard InChI is InChI=1S/C87H167NO5/c1-3-5-7-9-11-13-15-17-19-21-22-23-24-38-41-44-48-51-55-59-63-67-71-75-79-85(90)84(83-89)88-86(91)80-76-72-68-64-60-56-52-49-45-42-39-36-34-32-30-28-26-25-27-29-31-33-35-37-40-43-46-50-54-58-62-66-70-74-78-82-93-87(92)81-77-73-69-65-61-57-53-47-20-18-16-14-12-10-8-6-4-2/h27,29,33,35,75,79,84-85,89-90H,3-26,28,30-32,34,36-74,76-78,80-83H2,1-2H3,(H,88,91)/b29-27-,35-33-,79-75+. The first kappa shape index (κ1) is 91.1. The second kappa shape index (κ2) is 82.5. The van der Waals surface area contributed by atoms with Crippen molar-refractivity contribution in [3.8, 4) is 0 Å². The molecular formula is C87H167NO5. The Labute approximate surface area is 583 Å². The lowest BCUT2D eigenvalue weighted by molar-refractivity contribution is -0.143. The Morgan fingerprint density at radius 1 is 0.301 bits per heavy atom. The molecule has 0 aromatic rings. The van der Waals surface area contributed by atoms with Crippen LogP contribution in [0.1, 0.15) is 483 Å². The van der Waals surface area contributed by atoms with Gasteiger partial charge in [0.2, 0.25) is 5.91 Å². The first-order valence-electron chi connectivity index (χ1n) is 42.8. The van der Waals surface area contributed by atoms with Gasteiger partial charge in [-0.1, -0.05) is 442 Å². The predicted octanol–water partition coefficient (Wildman–Crippen LogP) is 28.6. The monoisotopic (exact) mass is 1310 g/mol. The van der Waals surface area contributed by atoms with Gasteiger partial charge in [0, 0.05) is 12.8 Å². The highest BCUT2D eigenvalue weighted by atomic mass is 16.5. The molecule has 0 spiro atoms. The molecule has 0 rings (SSSR count). The van der Waals surface area contributed by atoms with E-state index in [4.69, 9.17) is 4.74 Å². The molecule has 0 fully saturated rings. The molecule has 0 radical (unpaired) electrons. The summed E-state index contributed by atoms with van der Waals surface area (Å²) in [6.45, 7) is 4.97. The number of amides is 1. The van der Waals surface area contributed by atoms with Crippen LogP contribution >= 0.6 is 0 Å². The summed E-state index contributed by atoms with van der Waals surface area (Å²) in [5.41, 5.74) is 0. The summed E-state index contributed by atoms with van der Waals surface area (Å²) in [4.78, 5) is 24.7. The van der Waals surface area contributed by atoms with Gasteiger partial charge < -0.3 is 20.3 Å². The van der Waals surface area contributed by atoms with Crippen molar-refractivity contribution in [2.45, 2.75) is 495 Å². The summed E-state index contributed by atoms with van der Waals surface area (Å²) >= 11 is 0. The molecule has 0 aliphatic heterocycles. The number of aliphatic hydroxyl groups excluding tert-OH is 2. The third-order valence-corrected chi connectivity index (χ3v) is 20.2. The number of esters is 1. The van der Waals surface area contributed by atoms with Crippen molar-refractivity contribution in [1.29, 1.82) is 0 Å². The second-order valence-electron chi connectivity index (χ2n) is 29.5. The van der Waals surface area contributed by atoms with Crippen LogP contribution in [0.5, 0.6) is 0 Å². The van der Waals surface area contributed by atoms with Crippen LogP contribution in [-0.2, 0) is 14.3 Å². The number of unbranched alkanes of at least 4 members (excludes halogenated alkanes) is 66. The minimum atomic E-state index is -0.845. The van der Waals surface area contributed by atoms with Gasteiger partial charge in [-0.05, 0) is 64.2 Å². The molecule has 550 valence electrons. The van der Waals surface area contributed by atoms with Gasteiger partial charge in [0.15, 0.2) is 0 Å². The van der Waals surface area contributed by atoms with E-state index >= 15 is 0 Å². The smallest absolute Gasteiger partial charge is 0.305 e. The zero-order chi connectivity index (χ0) is 67.0. The molecule has 0 saturated heterocycles. The molecule has 0 aromatic heterocycles. The maximum atomic E-state index is 12.6. The van der Waals surface area contributed by atoms with Gasteiger partial charge >= 0.3 is 5.97 Å². The highest BCUT2D eigenvalue weighted by Crippen LogP contribution is 2.20. The molecule has 3 N–H and O–H groups in total. The average molecular weight is 1310 g/mol. The fraction of sp³-hybridized carbons (Fsp3) is 0.908. The van der Waals surface area contributed by atoms with Crippen molar-refractivity contribution < 1.29 is 24.5 Å². The normalized spacial score (nSPS) is 12.6. The SMILES string of the molecule is CCCCCCCCCCCCCCCCCCCCCCCC/C=C/C(O)C(CO)NC(=O)CCCCCCCCCCCCCCCCCCC/C=C\C/C=C\CCCCCCCCCCCCCOC(=O)CCCCCCCCCCCCCCCCCCC. The van der Waals surface area contributed by atoms with E-state index in [0.29, 0.717) is 19.4 Å². The number of ether oxygens (including phenoxy) is 1. The highest BCUT2D eigenvalue weighted by molar-refractivity contribution is 5.76. The third-order valence-electron chi connectivity index (χ3n) is 20.2. The van der Waals surface area contributed by atoms with Crippen LogP contribution in [0, 0.1) is 0 Å². The molecular weight excluding hydrogens is 1140 g/mol. The minimum absolute atomic E-state index is 0.0215. The molecule has 0 aliphatic rings. The van der Waals surface area contributed by atoms with Crippen molar-refractivity contribution in [2.24, 2.45) is 0 Å². The Morgan fingerprint density at radius 3 is 0.817 bits per heavy atom. The topological polar surface area (TPSA) is 95.9 Å². The zero-order valence-electron chi connectivity index (χ0n) is 63.3. The van der Waals surface area contributed by atoms with E-state index in [0.717, 1.165) is 44.9 Å². The molecule has 2 atom stereocenters. The summed E-state index contributed by atoms with van der Waals surface area (Å²) < 4.78 is 5.51. The summed E-state index contributed by atoms with van der Waals surface area (Å²) in [5, 5.41) is 23.3. The predicted molar refractivity (Wildman–Crippen MR) is 412 cm³/mol. The lowest BCUT2D eigenvalue weighted by atomic mass is 10.0. The fourth-order valence-electron chi connectivity index (χ4n) is 13.7. The van der Waals surface area contributed by atoms with Gasteiger partial charge in [-0.3, -0.25) is 9.59 Å². The van der Waals surface area contributed by atoms with Gasteiger partial charge in [-0.25, -0.2) is 0 Å². The summed E-state index contributed by atoms with van der Waals surface area (Å²) in [5.74, 6) is -0.0388. The highest BCUT2D eigenvalue weighted by Gasteiger charge is 2.18. The van der Waals surface area contributed by atoms with E-state index in [-0.39, 0.29) is 18.5 Å². The zero-order valence-corrected chi connectivity index (χ0v) is 63.3. The van der Waals surface area contributed by atoms with Crippen LogP contribution < -0.4 is 5.32 Å². The van der Waals surface area contributed by atoms with Gasteiger partial charge in [-0.15, -0.1) is 0 Å². The minimum Gasteiger partial charge on any atom is -0.466 e. The maximum absolute atomic E-state index is 12.6. The van der Waals surface area contributed by atoms with E-state index < -0.39 is 12.1 Å². The summed E-state index contributed by atoms with van der Waals surface area (Å²) in [6, 6.07) is -0.628. The van der Waals surface area contributed by atoms with Crippen molar-refractivity contribution in [3.05, 3.63) is 36.5 Å². The van der Waals surface area contributed by atoms with E-state index in [1.54, 1.807) is 6.08 Å². The number of carbonyl (C=O) groups excluding carboxylic acids is 2. The number of hydrogen-bond acceptors (Lipinski definition) is 5. The summed E-state index contributed by atoms with van der Waals surface area (Å²) in [6.07, 6.45) is 109. The Kier molecular flexibility index (Phi) is 80.8. The first-order valence-corrected chi connectivity index (χ1v) is 42.8. The lowest BCUT2D eigenvalue weighted by Crippen LogP contribution is -2.45. The van der Waals surface area contributed by atoms with Crippen molar-refractivity contribution >= 4 is 11.9 Å². The maximum Gasteiger partial charge on any atom is 0.305 e. The van der Waals surface area contributed by atoms with Gasteiger partial charge in [0.05, 0.1) is 25.4 Å². The molecule has 0 bridgehead atoms. The number of rotatable bonds is 81. The van der Waals surface area contributed by atoms with E-state index in [2.05, 4.69) is 43.5 Å². The van der Waals surface area contributed by atoms with E-state index in [1.807, 2.05) is 6.08 Å². The molecule has 0 aliphatic carbocycles. The quantitative estimate of drug-likeness (QED) is 0.0320. The lowest BCUT2D eigenvalue weighted by Gasteiger charge is -2.20. The van der Waals surface area contributed by atoms with Crippen LogP contribution in [0.15, 0.2) is 36.5 Å². The van der Waals surface area contributed by atoms with Crippen molar-refractivity contribution in [3.63, 3.8) is 0 Å². The second-order valence-corrected chi connectivity index (χ2v) is 29.5. The number of allylic oxidation sites excluding steroid dienone is 5. The first-order chi connectivity index (χ1) is 46.0. The largest absolute Gasteiger partial charge is 0.466 e. The number of aliphatic hydroxyl groups is 2. The van der Waals surface area contributed by atoms with Crippen LogP contribution in [0.3, 0.4) is 0 Å². The Morgan fingerprint density at radius 2 is 0.538 bits per heavy atom. The molecule has 2 unspecified atom stereocenters. The van der Waals surface area contributed by atoms with Crippen LogP contribution in [0.25, 0.3) is 0 Å². The molecule has 0 saturated carbocycles. The number of hydrogen-bond donors (Lipinski definition) is 3. The molecule has 6 heteroatoms. The Balaban J connectivity index is 3.38. The van der Waals surface area contributed by atoms with Crippen LogP contribution in [0.2, 0.25) is 0 Å². The Bertz CT molecular complexity index is 1510. The molecule has 0 heterocycles. The van der Waals surface area contributed by atoms with Gasteiger partial charge in [0.1, 0.15) is 0 Å². The molecule has 6 nitrogen and oxygen atoms in total. The molecule has 93 heavy (non-hydrogen) atoms. The fourth-order valence-corrected chi connectivity index (χ4v) is 13.7. The molecule has 0 aromatic carbocycles. The van der Waals surface area contributed by atoms with Crippen molar-refractivity contribution in [2.75, 3.05) is 13.2 Å². The van der Waals surface area contributed by atoms with Gasteiger partial charge in [0.25, 0.3) is 0 Å². The summed E-state index contributed by atoms with van der Waals surface area (Å²) in [7, 11) is 0. The molecule has 1 amide bonds. The van der Waals surface area contributed by atoms with Crippen LogP contribution in [0.4, 0.5) is 0 Å². The van der Waals surface area contributed by atoms with Crippen LogP contribution in [-0.4, -0.2) is 47.4 Å².